The summed E-state index contributed by atoms with van der Waals surface area (Å²) in [5, 5.41) is 4.69. The van der Waals surface area contributed by atoms with Crippen LogP contribution in [0.1, 0.15) is 0 Å². The molecule has 4 amide bonds. The van der Waals surface area contributed by atoms with Crippen molar-refractivity contribution < 1.29 is 14.3 Å². The molecule has 0 aromatic carbocycles. The van der Waals surface area contributed by atoms with Gasteiger partial charge in [0.25, 0.3) is 0 Å². The number of nitrogens with one attached hydrogen (secondary N) is 2. The number of primary amides is 2. The fourth-order valence-electron chi connectivity index (χ4n) is 0.595. The van der Waals surface area contributed by atoms with Crippen LogP contribution >= 0.6 is 0 Å². The lowest BCUT2D eigenvalue weighted by Crippen LogP contribution is -2.34. The van der Waals surface area contributed by atoms with E-state index in [2.05, 4.69) is 10.6 Å². The van der Waals surface area contributed by atoms with E-state index in [4.69, 9.17) is 16.2 Å². The molecule has 0 aliphatic heterocycles. The van der Waals surface area contributed by atoms with Crippen LogP contribution in [0.15, 0.2) is 0 Å². The first kappa shape index (κ1) is 11.5. The van der Waals surface area contributed by atoms with Crippen molar-refractivity contribution in [2.24, 2.45) is 11.5 Å². The third kappa shape index (κ3) is 10.5. The van der Waals surface area contributed by atoms with Gasteiger partial charge in [0, 0.05) is 13.1 Å². The highest BCUT2D eigenvalue weighted by Gasteiger charge is 1.92. The van der Waals surface area contributed by atoms with Crippen molar-refractivity contribution in [2.45, 2.75) is 0 Å². The second-order valence-electron chi connectivity index (χ2n) is 2.19. The molecule has 0 spiro atoms. The average Bonchev–Trinajstić information content (AvgIpc) is 2.01. The standard InChI is InChI=1S/C6H14N4O3/c7-5(11)9-1-3-13-4-2-10-6(8)12/h1-4H2,(H3,7,9,11)(H3,8,10,12). The van der Waals surface area contributed by atoms with Crippen LogP contribution in [-0.4, -0.2) is 38.4 Å². The van der Waals surface area contributed by atoms with Crippen LogP contribution in [0, 0.1) is 0 Å². The molecule has 0 aliphatic carbocycles. The number of hydrogen-bond acceptors (Lipinski definition) is 3. The van der Waals surface area contributed by atoms with Crippen LogP contribution in [0.3, 0.4) is 0 Å². The number of hydrogen-bond donors (Lipinski definition) is 4. The molecule has 0 bridgehead atoms. The smallest absolute Gasteiger partial charge is 0.312 e. The van der Waals surface area contributed by atoms with E-state index in [0.29, 0.717) is 26.3 Å². The number of carbonyl (C=O) groups excluding carboxylic acids is 2. The molecular formula is C6H14N4O3. The first-order valence-electron chi connectivity index (χ1n) is 3.77. The van der Waals surface area contributed by atoms with Gasteiger partial charge in [-0.3, -0.25) is 0 Å². The number of nitrogens with two attached hydrogens (primary N) is 2. The van der Waals surface area contributed by atoms with Crippen LogP contribution < -0.4 is 22.1 Å². The van der Waals surface area contributed by atoms with E-state index in [1.165, 1.54) is 0 Å². The SMILES string of the molecule is NC(=O)NCCOCCNC(N)=O. The molecule has 0 rings (SSSR count). The summed E-state index contributed by atoms with van der Waals surface area (Å²) in [5.41, 5.74) is 9.59. The van der Waals surface area contributed by atoms with E-state index >= 15 is 0 Å². The molecule has 0 saturated heterocycles. The van der Waals surface area contributed by atoms with Gasteiger partial charge in [-0.2, -0.15) is 0 Å². The molecule has 76 valence electrons. The van der Waals surface area contributed by atoms with Crippen molar-refractivity contribution in [2.75, 3.05) is 26.3 Å². The van der Waals surface area contributed by atoms with Gasteiger partial charge < -0.3 is 26.8 Å². The van der Waals surface area contributed by atoms with Crippen molar-refractivity contribution in [1.29, 1.82) is 0 Å². The van der Waals surface area contributed by atoms with E-state index in [-0.39, 0.29) is 0 Å². The number of amides is 4. The molecule has 7 heteroatoms. The van der Waals surface area contributed by atoms with Crippen LogP contribution in [0.4, 0.5) is 9.59 Å². The average molecular weight is 190 g/mol. The zero-order chi connectivity index (χ0) is 10.1. The largest absolute Gasteiger partial charge is 0.378 e. The fourth-order valence-corrected chi connectivity index (χ4v) is 0.595. The topological polar surface area (TPSA) is 119 Å². The summed E-state index contributed by atoms with van der Waals surface area (Å²) in [7, 11) is 0. The Kier molecular flexibility index (Phi) is 6.34. The summed E-state index contributed by atoms with van der Waals surface area (Å²) in [5.74, 6) is 0. The fraction of sp³-hybridized carbons (Fsp3) is 0.667. The van der Waals surface area contributed by atoms with E-state index < -0.39 is 12.1 Å². The van der Waals surface area contributed by atoms with Crippen molar-refractivity contribution in [3.63, 3.8) is 0 Å². The Hall–Kier alpha value is -1.50. The zero-order valence-electron chi connectivity index (χ0n) is 7.21. The lowest BCUT2D eigenvalue weighted by atomic mass is 10.6. The van der Waals surface area contributed by atoms with E-state index in [1.54, 1.807) is 0 Å². The number of rotatable bonds is 6. The molecule has 0 saturated carbocycles. The lowest BCUT2D eigenvalue weighted by Gasteiger charge is -2.04. The first-order chi connectivity index (χ1) is 6.13. The maximum absolute atomic E-state index is 10.2. The monoisotopic (exact) mass is 190 g/mol. The van der Waals surface area contributed by atoms with Gasteiger partial charge in [-0.15, -0.1) is 0 Å². The maximum Gasteiger partial charge on any atom is 0.312 e. The predicted octanol–water partition coefficient (Wildman–Crippen LogP) is -1.66. The molecule has 0 unspecified atom stereocenters. The normalized spacial score (nSPS) is 9.23. The van der Waals surface area contributed by atoms with Crippen LogP contribution in [0.2, 0.25) is 0 Å². The van der Waals surface area contributed by atoms with Crippen LogP contribution in [0.5, 0.6) is 0 Å². The summed E-state index contributed by atoms with van der Waals surface area (Å²) in [6, 6.07) is -1.17. The maximum atomic E-state index is 10.2. The predicted molar refractivity (Wildman–Crippen MR) is 46.0 cm³/mol. The van der Waals surface area contributed by atoms with Gasteiger partial charge in [-0.1, -0.05) is 0 Å². The second-order valence-corrected chi connectivity index (χ2v) is 2.19. The Morgan fingerprint density at radius 3 is 1.69 bits per heavy atom. The van der Waals surface area contributed by atoms with Gasteiger partial charge in [0.05, 0.1) is 13.2 Å². The van der Waals surface area contributed by atoms with Crippen molar-refractivity contribution in [3.8, 4) is 0 Å². The highest BCUT2D eigenvalue weighted by molar-refractivity contribution is 5.71. The molecule has 0 aromatic heterocycles. The van der Waals surface area contributed by atoms with Gasteiger partial charge in [-0.25, -0.2) is 9.59 Å². The Morgan fingerprint density at radius 2 is 1.38 bits per heavy atom. The second kappa shape index (κ2) is 7.17. The van der Waals surface area contributed by atoms with Gasteiger partial charge in [0.15, 0.2) is 0 Å². The van der Waals surface area contributed by atoms with Crippen molar-refractivity contribution in [1.82, 2.24) is 10.6 Å². The quantitative estimate of drug-likeness (QED) is 0.375. The highest BCUT2D eigenvalue weighted by atomic mass is 16.5. The van der Waals surface area contributed by atoms with Gasteiger partial charge in [0.1, 0.15) is 0 Å². The molecule has 0 radical (unpaired) electrons. The van der Waals surface area contributed by atoms with Crippen molar-refractivity contribution in [3.05, 3.63) is 0 Å². The summed E-state index contributed by atoms with van der Waals surface area (Å²) >= 11 is 0. The lowest BCUT2D eigenvalue weighted by molar-refractivity contribution is 0.139. The molecule has 0 aromatic rings. The van der Waals surface area contributed by atoms with Crippen LogP contribution in [-0.2, 0) is 4.74 Å². The van der Waals surface area contributed by atoms with E-state index in [9.17, 15) is 9.59 Å². The molecule has 0 heterocycles. The van der Waals surface area contributed by atoms with Gasteiger partial charge in [0.2, 0.25) is 0 Å². The molecule has 0 aliphatic rings. The van der Waals surface area contributed by atoms with Crippen LogP contribution in [0.25, 0.3) is 0 Å². The number of urea groups is 2. The van der Waals surface area contributed by atoms with Gasteiger partial charge >= 0.3 is 12.1 Å². The molecular weight excluding hydrogens is 176 g/mol. The number of carbonyl (C=O) groups is 2. The van der Waals surface area contributed by atoms with Crippen molar-refractivity contribution >= 4 is 12.1 Å². The summed E-state index contributed by atoms with van der Waals surface area (Å²) < 4.78 is 4.99. The summed E-state index contributed by atoms with van der Waals surface area (Å²) in [4.78, 5) is 20.3. The molecule has 7 nitrogen and oxygen atoms in total. The molecule has 0 atom stereocenters. The summed E-state index contributed by atoms with van der Waals surface area (Å²) in [6.45, 7) is 1.41. The van der Waals surface area contributed by atoms with E-state index in [1.807, 2.05) is 0 Å². The minimum atomic E-state index is -0.584. The Labute approximate surface area is 75.8 Å². The minimum Gasteiger partial charge on any atom is -0.378 e. The Morgan fingerprint density at radius 1 is 1.00 bits per heavy atom. The zero-order valence-corrected chi connectivity index (χ0v) is 7.21. The minimum absolute atomic E-state index is 0.351. The third-order valence-corrected chi connectivity index (χ3v) is 1.09. The molecule has 6 N–H and O–H groups in total. The first-order valence-corrected chi connectivity index (χ1v) is 3.77. The highest BCUT2D eigenvalue weighted by Crippen LogP contribution is 1.71. The summed E-state index contributed by atoms with van der Waals surface area (Å²) in [6.07, 6.45) is 0. The van der Waals surface area contributed by atoms with E-state index in [0.717, 1.165) is 0 Å². The Bertz CT molecular complexity index is 155. The Balaban J connectivity index is 3.00. The molecule has 0 fully saturated rings. The number of ether oxygens (including phenoxy) is 1. The van der Waals surface area contributed by atoms with Gasteiger partial charge in [-0.05, 0) is 0 Å². The molecule has 13 heavy (non-hydrogen) atoms. The third-order valence-electron chi connectivity index (χ3n) is 1.09.